The van der Waals surface area contributed by atoms with Gasteiger partial charge in [-0.25, -0.2) is 4.79 Å². The molecule has 0 atom stereocenters. The van der Waals surface area contributed by atoms with Crippen LogP contribution in [0.2, 0.25) is 0 Å². The Bertz CT molecular complexity index is 701. The molecule has 1 heterocycles. The molecule has 0 aliphatic carbocycles. The molecule has 6 nitrogen and oxygen atoms in total. The summed E-state index contributed by atoms with van der Waals surface area (Å²) in [7, 11) is 0. The average molecular weight is 365 g/mol. The molecule has 0 radical (unpaired) electrons. The largest absolute Gasteiger partial charge is 0.619 e. The van der Waals surface area contributed by atoms with Gasteiger partial charge in [-0.2, -0.15) is 4.73 Å². The van der Waals surface area contributed by atoms with Crippen molar-refractivity contribution in [3.8, 4) is 0 Å². The minimum atomic E-state index is -0.664. The number of pyridine rings is 1. The zero-order chi connectivity index (χ0) is 16.1. The Hall–Kier alpha value is -2.41. The van der Waals surface area contributed by atoms with Gasteiger partial charge in [0.05, 0.1) is 5.56 Å². The van der Waals surface area contributed by atoms with Gasteiger partial charge in [0.2, 0.25) is 0 Å². The maximum atomic E-state index is 11.7. The molecular weight excluding hydrogens is 352 g/mol. The smallest absolute Gasteiger partial charge is 0.339 e. The average Bonchev–Trinajstić information content (AvgIpc) is 2.49. The third kappa shape index (κ3) is 4.29. The molecule has 0 aliphatic heterocycles. The molecule has 0 fully saturated rings. The second-order valence-corrected chi connectivity index (χ2v) is 5.39. The molecule has 1 amide bonds. The van der Waals surface area contributed by atoms with Crippen LogP contribution in [-0.2, 0) is 9.53 Å². The molecule has 0 bridgehead atoms. The Morgan fingerprint density at radius 3 is 2.59 bits per heavy atom. The van der Waals surface area contributed by atoms with Crippen LogP contribution in [0.1, 0.15) is 15.9 Å². The molecule has 0 saturated heterocycles. The van der Waals surface area contributed by atoms with Gasteiger partial charge in [-0.1, -0.05) is 15.9 Å². The van der Waals surface area contributed by atoms with E-state index in [-0.39, 0.29) is 5.56 Å². The van der Waals surface area contributed by atoms with Gasteiger partial charge < -0.3 is 15.3 Å². The number of benzene rings is 1. The molecule has 114 valence electrons. The highest BCUT2D eigenvalue weighted by atomic mass is 79.9. The second kappa shape index (κ2) is 7.04. The number of amides is 1. The van der Waals surface area contributed by atoms with Crippen molar-refractivity contribution in [1.29, 1.82) is 0 Å². The van der Waals surface area contributed by atoms with Gasteiger partial charge in [0.1, 0.15) is 0 Å². The third-order valence-corrected chi connectivity index (χ3v) is 3.70. The summed E-state index contributed by atoms with van der Waals surface area (Å²) in [6.07, 6.45) is 2.36. The molecule has 1 N–H and O–H groups in total. The number of ether oxygens (including phenoxy) is 1. The van der Waals surface area contributed by atoms with E-state index in [0.29, 0.717) is 10.4 Å². The van der Waals surface area contributed by atoms with Crippen molar-refractivity contribution in [2.24, 2.45) is 0 Å². The second-order valence-electron chi connectivity index (χ2n) is 4.53. The predicted octanol–water partition coefficient (Wildman–Crippen LogP) is 2.19. The SMILES string of the molecule is Cc1cc(NC(=O)COC(=O)c2cc[n+]([O-])cc2)ccc1Br. The molecule has 1 aromatic heterocycles. The van der Waals surface area contributed by atoms with Crippen LogP contribution in [0.5, 0.6) is 0 Å². The predicted molar refractivity (Wildman–Crippen MR) is 83.2 cm³/mol. The summed E-state index contributed by atoms with van der Waals surface area (Å²) in [5.41, 5.74) is 1.80. The summed E-state index contributed by atoms with van der Waals surface area (Å²) < 4.78 is 6.38. The van der Waals surface area contributed by atoms with Gasteiger partial charge >= 0.3 is 5.97 Å². The van der Waals surface area contributed by atoms with E-state index in [1.807, 2.05) is 13.0 Å². The number of carbonyl (C=O) groups excluding carboxylic acids is 2. The van der Waals surface area contributed by atoms with Crippen molar-refractivity contribution in [3.63, 3.8) is 0 Å². The highest BCUT2D eigenvalue weighted by molar-refractivity contribution is 9.10. The number of halogens is 1. The molecule has 0 aliphatic rings. The van der Waals surface area contributed by atoms with E-state index in [1.54, 1.807) is 12.1 Å². The number of nitrogens with zero attached hydrogens (tertiary/aromatic N) is 1. The van der Waals surface area contributed by atoms with Crippen molar-refractivity contribution in [1.82, 2.24) is 0 Å². The van der Waals surface area contributed by atoms with E-state index in [2.05, 4.69) is 21.2 Å². The number of carbonyl (C=O) groups is 2. The zero-order valence-corrected chi connectivity index (χ0v) is 13.3. The number of anilines is 1. The van der Waals surface area contributed by atoms with Crippen LogP contribution in [0.4, 0.5) is 5.69 Å². The van der Waals surface area contributed by atoms with Gasteiger partial charge in [0, 0.05) is 22.3 Å². The van der Waals surface area contributed by atoms with Crippen LogP contribution < -0.4 is 10.0 Å². The van der Waals surface area contributed by atoms with Gasteiger partial charge in [-0.05, 0) is 30.7 Å². The van der Waals surface area contributed by atoms with E-state index in [1.165, 1.54) is 24.5 Å². The number of aryl methyl sites for hydroxylation is 1. The van der Waals surface area contributed by atoms with Crippen LogP contribution >= 0.6 is 15.9 Å². The van der Waals surface area contributed by atoms with Crippen molar-refractivity contribution in [2.45, 2.75) is 6.92 Å². The Labute approximate surface area is 135 Å². The Morgan fingerprint density at radius 1 is 1.27 bits per heavy atom. The summed E-state index contributed by atoms with van der Waals surface area (Å²) in [5.74, 6) is -1.10. The van der Waals surface area contributed by atoms with E-state index in [4.69, 9.17) is 4.74 Å². The lowest BCUT2D eigenvalue weighted by molar-refractivity contribution is -0.605. The molecule has 7 heteroatoms. The molecule has 0 saturated carbocycles. The number of hydrogen-bond donors (Lipinski definition) is 1. The molecular formula is C15H13BrN2O4. The summed E-state index contributed by atoms with van der Waals surface area (Å²) >= 11 is 3.37. The van der Waals surface area contributed by atoms with Gasteiger partial charge in [0.15, 0.2) is 19.0 Å². The first kappa shape index (κ1) is 16.0. The standard InChI is InChI=1S/C15H13BrN2O4/c1-10-8-12(2-3-13(10)16)17-14(19)9-22-15(20)11-4-6-18(21)7-5-11/h2-8H,9H2,1H3,(H,17,19). The minimum absolute atomic E-state index is 0.208. The first-order valence-electron chi connectivity index (χ1n) is 6.37. The number of esters is 1. The number of nitrogens with one attached hydrogen (secondary N) is 1. The topological polar surface area (TPSA) is 82.3 Å². The van der Waals surface area contributed by atoms with Crippen LogP contribution in [0, 0.1) is 12.1 Å². The van der Waals surface area contributed by atoms with Crippen molar-refractivity contribution >= 4 is 33.5 Å². The first-order valence-corrected chi connectivity index (χ1v) is 7.17. The van der Waals surface area contributed by atoms with Crippen molar-refractivity contribution in [3.05, 3.63) is 63.5 Å². The zero-order valence-electron chi connectivity index (χ0n) is 11.7. The molecule has 0 unspecified atom stereocenters. The fraction of sp³-hybridized carbons (Fsp3) is 0.133. The lowest BCUT2D eigenvalue weighted by Crippen LogP contribution is -2.25. The highest BCUT2D eigenvalue weighted by Gasteiger charge is 2.11. The maximum absolute atomic E-state index is 11.7. The summed E-state index contributed by atoms with van der Waals surface area (Å²) in [6, 6.07) is 8.00. The van der Waals surface area contributed by atoms with Gasteiger partial charge in [-0.3, -0.25) is 4.79 Å². The van der Waals surface area contributed by atoms with Crippen LogP contribution in [0.15, 0.2) is 47.2 Å². The van der Waals surface area contributed by atoms with Crippen LogP contribution in [0.3, 0.4) is 0 Å². The first-order chi connectivity index (χ1) is 10.5. The van der Waals surface area contributed by atoms with E-state index < -0.39 is 18.5 Å². The van der Waals surface area contributed by atoms with E-state index in [9.17, 15) is 14.8 Å². The Kier molecular flexibility index (Phi) is 5.11. The number of rotatable bonds is 4. The summed E-state index contributed by atoms with van der Waals surface area (Å²) in [6.45, 7) is 1.50. The summed E-state index contributed by atoms with van der Waals surface area (Å²) in [4.78, 5) is 23.4. The number of aromatic nitrogens is 1. The lowest BCUT2D eigenvalue weighted by atomic mass is 10.2. The minimum Gasteiger partial charge on any atom is -0.619 e. The van der Waals surface area contributed by atoms with E-state index >= 15 is 0 Å². The Morgan fingerprint density at radius 2 is 1.95 bits per heavy atom. The van der Waals surface area contributed by atoms with Crippen molar-refractivity contribution in [2.75, 3.05) is 11.9 Å². The molecule has 2 rings (SSSR count). The monoisotopic (exact) mass is 364 g/mol. The summed E-state index contributed by atoms with van der Waals surface area (Å²) in [5, 5.41) is 13.5. The third-order valence-electron chi connectivity index (χ3n) is 2.81. The molecule has 22 heavy (non-hydrogen) atoms. The van der Waals surface area contributed by atoms with Crippen LogP contribution in [0.25, 0.3) is 0 Å². The van der Waals surface area contributed by atoms with Gasteiger partial charge in [0.25, 0.3) is 5.91 Å². The fourth-order valence-electron chi connectivity index (χ4n) is 1.68. The highest BCUT2D eigenvalue weighted by Crippen LogP contribution is 2.19. The van der Waals surface area contributed by atoms with Crippen LogP contribution in [-0.4, -0.2) is 18.5 Å². The molecule has 0 spiro atoms. The normalized spacial score (nSPS) is 10.1. The molecule has 2 aromatic rings. The van der Waals surface area contributed by atoms with Crippen molar-refractivity contribution < 1.29 is 19.1 Å². The lowest BCUT2D eigenvalue weighted by Gasteiger charge is -2.08. The Balaban J connectivity index is 1.88. The van der Waals surface area contributed by atoms with Gasteiger partial charge in [-0.15, -0.1) is 0 Å². The van der Waals surface area contributed by atoms with E-state index in [0.717, 1.165) is 10.0 Å². The maximum Gasteiger partial charge on any atom is 0.339 e. The number of hydrogen-bond acceptors (Lipinski definition) is 4. The quantitative estimate of drug-likeness (QED) is 0.512. The molecule has 1 aromatic carbocycles. The fourth-order valence-corrected chi connectivity index (χ4v) is 1.93.